The Labute approximate surface area is 65.7 Å². The standard InChI is InChI=1S/C8H9N3/c1-6(2)8-5-10-7(3-9)4-11-8/h4-6H,1-2H3. The molecule has 3 heteroatoms. The highest BCUT2D eigenvalue weighted by Crippen LogP contribution is 2.08. The largest absolute Gasteiger partial charge is 0.256 e. The van der Waals surface area contributed by atoms with E-state index >= 15 is 0 Å². The summed E-state index contributed by atoms with van der Waals surface area (Å²) in [6.45, 7) is 4.08. The van der Waals surface area contributed by atoms with E-state index in [-0.39, 0.29) is 0 Å². The molecule has 0 aliphatic heterocycles. The van der Waals surface area contributed by atoms with Crippen LogP contribution in [0.1, 0.15) is 31.2 Å². The molecule has 56 valence electrons. The van der Waals surface area contributed by atoms with E-state index in [4.69, 9.17) is 5.26 Å². The molecule has 0 saturated carbocycles. The molecule has 0 aromatic carbocycles. The minimum absolute atomic E-state index is 0.370. The zero-order valence-corrected chi connectivity index (χ0v) is 6.57. The van der Waals surface area contributed by atoms with Crippen LogP contribution >= 0.6 is 0 Å². The lowest BCUT2D eigenvalue weighted by Gasteiger charge is -2.00. The van der Waals surface area contributed by atoms with Crippen molar-refractivity contribution in [3.05, 3.63) is 23.8 Å². The Morgan fingerprint density at radius 2 is 2.09 bits per heavy atom. The van der Waals surface area contributed by atoms with Crippen LogP contribution in [-0.2, 0) is 0 Å². The van der Waals surface area contributed by atoms with Gasteiger partial charge in [0, 0.05) is 0 Å². The molecule has 0 aliphatic rings. The van der Waals surface area contributed by atoms with Gasteiger partial charge in [0.1, 0.15) is 6.07 Å². The monoisotopic (exact) mass is 147 g/mol. The summed E-state index contributed by atoms with van der Waals surface area (Å²) in [5.41, 5.74) is 1.29. The zero-order chi connectivity index (χ0) is 8.27. The highest BCUT2D eigenvalue weighted by Gasteiger charge is 1.99. The molecular formula is C8H9N3. The van der Waals surface area contributed by atoms with Gasteiger partial charge in [0.15, 0.2) is 5.69 Å². The van der Waals surface area contributed by atoms with Gasteiger partial charge in [0.25, 0.3) is 0 Å². The molecule has 0 N–H and O–H groups in total. The SMILES string of the molecule is CC(C)c1cnc(C#N)cn1. The summed E-state index contributed by atoms with van der Waals surface area (Å²) in [7, 11) is 0. The second-order valence-corrected chi connectivity index (χ2v) is 2.59. The van der Waals surface area contributed by atoms with Crippen LogP contribution in [0.15, 0.2) is 12.4 Å². The van der Waals surface area contributed by atoms with Gasteiger partial charge < -0.3 is 0 Å². The second kappa shape index (κ2) is 3.11. The fourth-order valence-corrected chi connectivity index (χ4v) is 0.694. The van der Waals surface area contributed by atoms with E-state index in [1.165, 1.54) is 6.20 Å². The summed E-state index contributed by atoms with van der Waals surface area (Å²) in [5.74, 6) is 0.371. The fourth-order valence-electron chi connectivity index (χ4n) is 0.694. The number of hydrogen-bond acceptors (Lipinski definition) is 3. The highest BCUT2D eigenvalue weighted by molar-refractivity contribution is 5.17. The summed E-state index contributed by atoms with van der Waals surface area (Å²) in [4.78, 5) is 7.96. The van der Waals surface area contributed by atoms with Gasteiger partial charge >= 0.3 is 0 Å². The van der Waals surface area contributed by atoms with E-state index in [2.05, 4.69) is 9.97 Å². The van der Waals surface area contributed by atoms with Crippen LogP contribution in [0.4, 0.5) is 0 Å². The first-order valence-electron chi connectivity index (χ1n) is 3.46. The van der Waals surface area contributed by atoms with Crippen molar-refractivity contribution in [1.82, 2.24) is 9.97 Å². The van der Waals surface area contributed by atoms with Crippen LogP contribution < -0.4 is 0 Å². The number of rotatable bonds is 1. The molecule has 1 aromatic heterocycles. The van der Waals surface area contributed by atoms with Crippen LogP contribution in [0, 0.1) is 11.3 Å². The molecule has 0 spiro atoms. The lowest BCUT2D eigenvalue weighted by Crippen LogP contribution is -1.94. The molecule has 0 bridgehead atoms. The number of aromatic nitrogens is 2. The van der Waals surface area contributed by atoms with Gasteiger partial charge in [0.05, 0.1) is 18.1 Å². The molecule has 11 heavy (non-hydrogen) atoms. The highest BCUT2D eigenvalue weighted by atomic mass is 14.8. The van der Waals surface area contributed by atoms with Gasteiger partial charge in [-0.25, -0.2) is 4.98 Å². The van der Waals surface area contributed by atoms with Crippen molar-refractivity contribution in [2.75, 3.05) is 0 Å². The Hall–Kier alpha value is -1.43. The molecule has 3 nitrogen and oxygen atoms in total. The normalized spacial score (nSPS) is 9.64. The van der Waals surface area contributed by atoms with Gasteiger partial charge in [-0.3, -0.25) is 4.98 Å². The third-order valence-electron chi connectivity index (χ3n) is 1.38. The van der Waals surface area contributed by atoms with E-state index in [1.807, 2.05) is 19.9 Å². The van der Waals surface area contributed by atoms with Crippen molar-refractivity contribution in [2.45, 2.75) is 19.8 Å². The summed E-state index contributed by atoms with van der Waals surface area (Å²) < 4.78 is 0. The van der Waals surface area contributed by atoms with Crippen molar-refractivity contribution in [2.24, 2.45) is 0 Å². The van der Waals surface area contributed by atoms with E-state index < -0.39 is 0 Å². The molecule has 0 atom stereocenters. The van der Waals surface area contributed by atoms with Crippen molar-refractivity contribution < 1.29 is 0 Å². The molecule has 1 aromatic rings. The molecule has 1 rings (SSSR count). The van der Waals surface area contributed by atoms with Gasteiger partial charge in [-0.05, 0) is 5.92 Å². The average molecular weight is 147 g/mol. The maximum Gasteiger partial charge on any atom is 0.158 e. The quantitative estimate of drug-likeness (QED) is 0.604. The van der Waals surface area contributed by atoms with Crippen LogP contribution in [0.5, 0.6) is 0 Å². The van der Waals surface area contributed by atoms with Crippen molar-refractivity contribution in [3.8, 4) is 6.07 Å². The van der Waals surface area contributed by atoms with E-state index in [1.54, 1.807) is 6.20 Å². The van der Waals surface area contributed by atoms with Gasteiger partial charge in [-0.1, -0.05) is 13.8 Å². The number of nitriles is 1. The Kier molecular flexibility index (Phi) is 2.17. The third-order valence-corrected chi connectivity index (χ3v) is 1.38. The van der Waals surface area contributed by atoms with Gasteiger partial charge in [0.2, 0.25) is 0 Å². The lowest BCUT2D eigenvalue weighted by molar-refractivity contribution is 0.810. The molecule has 0 amide bonds. The number of nitrogens with zero attached hydrogens (tertiary/aromatic N) is 3. The molecule has 0 unspecified atom stereocenters. The Morgan fingerprint density at radius 3 is 2.45 bits per heavy atom. The summed E-state index contributed by atoms with van der Waals surface area (Å²) in [6.07, 6.45) is 3.14. The molecule has 0 radical (unpaired) electrons. The van der Waals surface area contributed by atoms with E-state index in [0.717, 1.165) is 5.69 Å². The minimum Gasteiger partial charge on any atom is -0.256 e. The zero-order valence-electron chi connectivity index (χ0n) is 6.57. The number of hydrogen-bond donors (Lipinski definition) is 0. The molecule has 0 fully saturated rings. The predicted molar refractivity (Wildman–Crippen MR) is 40.8 cm³/mol. The molecule has 1 heterocycles. The Bertz CT molecular complexity index is 268. The summed E-state index contributed by atoms with van der Waals surface area (Å²) in [6, 6.07) is 1.92. The third kappa shape index (κ3) is 1.74. The first kappa shape index (κ1) is 7.67. The summed E-state index contributed by atoms with van der Waals surface area (Å²) in [5, 5.41) is 8.41. The Balaban J connectivity index is 2.94. The van der Waals surface area contributed by atoms with Gasteiger partial charge in [-0.2, -0.15) is 5.26 Å². The summed E-state index contributed by atoms with van der Waals surface area (Å²) >= 11 is 0. The predicted octanol–water partition coefficient (Wildman–Crippen LogP) is 1.47. The van der Waals surface area contributed by atoms with Crippen molar-refractivity contribution >= 4 is 0 Å². The lowest BCUT2D eigenvalue weighted by atomic mass is 10.1. The van der Waals surface area contributed by atoms with Crippen LogP contribution in [-0.4, -0.2) is 9.97 Å². The smallest absolute Gasteiger partial charge is 0.158 e. The van der Waals surface area contributed by atoms with Crippen molar-refractivity contribution in [1.29, 1.82) is 5.26 Å². The molecular weight excluding hydrogens is 138 g/mol. The molecule has 0 aliphatic carbocycles. The fraction of sp³-hybridized carbons (Fsp3) is 0.375. The Morgan fingerprint density at radius 1 is 1.36 bits per heavy atom. The van der Waals surface area contributed by atoms with Crippen molar-refractivity contribution in [3.63, 3.8) is 0 Å². The maximum atomic E-state index is 8.41. The van der Waals surface area contributed by atoms with Crippen LogP contribution in [0.3, 0.4) is 0 Å². The first-order chi connectivity index (χ1) is 5.24. The first-order valence-corrected chi connectivity index (χ1v) is 3.46. The minimum atomic E-state index is 0.370. The van der Waals surface area contributed by atoms with E-state index in [0.29, 0.717) is 11.6 Å². The molecule has 0 saturated heterocycles. The average Bonchev–Trinajstić information content (AvgIpc) is 2.05. The second-order valence-electron chi connectivity index (χ2n) is 2.59. The van der Waals surface area contributed by atoms with E-state index in [9.17, 15) is 0 Å². The maximum absolute atomic E-state index is 8.41. The van der Waals surface area contributed by atoms with Gasteiger partial charge in [-0.15, -0.1) is 0 Å². The van der Waals surface area contributed by atoms with Crippen LogP contribution in [0.25, 0.3) is 0 Å². The topological polar surface area (TPSA) is 49.6 Å². The van der Waals surface area contributed by atoms with Crippen LogP contribution in [0.2, 0.25) is 0 Å².